The lowest BCUT2D eigenvalue weighted by Gasteiger charge is -2.23. The minimum atomic E-state index is -0.972. The number of hydrogen-bond acceptors (Lipinski definition) is 7. The molecule has 0 saturated heterocycles. The zero-order valence-electron chi connectivity index (χ0n) is 36.4. The highest BCUT2D eigenvalue weighted by atomic mass is 19.2. The monoisotopic (exact) mass is 813 g/mol. The van der Waals surface area contributed by atoms with Gasteiger partial charge in [0.1, 0.15) is 0 Å². The van der Waals surface area contributed by atoms with Crippen molar-refractivity contribution in [2.45, 2.75) is 105 Å². The summed E-state index contributed by atoms with van der Waals surface area (Å²) >= 11 is 0. The molecule has 4 aromatic heterocycles. The van der Waals surface area contributed by atoms with Crippen LogP contribution in [-0.4, -0.2) is 52.4 Å². The maximum Gasteiger partial charge on any atom is 0.251 e. The summed E-state index contributed by atoms with van der Waals surface area (Å²) in [5.41, 5.74) is 5.11. The van der Waals surface area contributed by atoms with Crippen LogP contribution in [0.3, 0.4) is 0 Å². The van der Waals surface area contributed by atoms with E-state index in [1.165, 1.54) is 6.07 Å². The molecule has 0 spiro atoms. The van der Waals surface area contributed by atoms with E-state index in [4.69, 9.17) is 10.2 Å². The Kier molecular flexibility index (Phi) is 12.6. The molecule has 0 fully saturated rings. The topological polar surface area (TPSA) is 143 Å². The molecule has 2 N–H and O–H groups in total. The van der Waals surface area contributed by atoms with E-state index >= 15 is 0 Å². The lowest BCUT2D eigenvalue weighted by Crippen LogP contribution is -2.40. The van der Waals surface area contributed by atoms with Crippen molar-refractivity contribution in [3.8, 4) is 51.4 Å². The molecule has 0 radical (unpaired) electrons. The van der Waals surface area contributed by atoms with E-state index in [-0.39, 0.29) is 28.4 Å². The van der Waals surface area contributed by atoms with Gasteiger partial charge in [-0.05, 0) is 150 Å². The van der Waals surface area contributed by atoms with Crippen LogP contribution in [0.25, 0.3) is 45.3 Å². The van der Waals surface area contributed by atoms with Gasteiger partial charge < -0.3 is 10.6 Å². The summed E-state index contributed by atoms with van der Waals surface area (Å²) in [6.07, 6.45) is 3.41. The van der Waals surface area contributed by atoms with Gasteiger partial charge in [0.2, 0.25) is 0 Å². The van der Waals surface area contributed by atoms with Crippen LogP contribution in [0.4, 0.5) is 8.78 Å². The van der Waals surface area contributed by atoms with E-state index in [0.29, 0.717) is 45.0 Å². The molecule has 0 aliphatic rings. The Hall–Kier alpha value is -6.55. The Morgan fingerprint density at radius 1 is 0.550 bits per heavy atom. The van der Waals surface area contributed by atoms with E-state index in [2.05, 4.69) is 52.7 Å². The molecule has 0 bridgehead atoms. The van der Waals surface area contributed by atoms with Gasteiger partial charge in [0.25, 0.3) is 11.8 Å². The lowest BCUT2D eigenvalue weighted by atomic mass is 10.0. The van der Waals surface area contributed by atoms with Gasteiger partial charge >= 0.3 is 0 Å². The van der Waals surface area contributed by atoms with Crippen molar-refractivity contribution in [3.63, 3.8) is 0 Å². The second kappa shape index (κ2) is 17.0. The molecule has 0 unspecified atom stereocenters. The molecule has 6 aromatic rings. The summed E-state index contributed by atoms with van der Waals surface area (Å²) in [6, 6.07) is 23.4. The number of nitrogens with zero attached hydrogens (tertiary/aromatic N) is 7. The minimum Gasteiger partial charge on any atom is -0.347 e. The molecule has 0 saturated carbocycles. The van der Waals surface area contributed by atoms with Crippen LogP contribution in [0.1, 0.15) is 109 Å². The third-order valence-corrected chi connectivity index (χ3v) is 8.76. The molecule has 0 aliphatic heterocycles. The van der Waals surface area contributed by atoms with Crippen molar-refractivity contribution in [3.05, 3.63) is 120 Å². The Morgan fingerprint density at radius 3 is 1.33 bits per heavy atom. The Bertz CT molecular complexity index is 2560. The first-order valence-electron chi connectivity index (χ1n) is 19.6. The average Bonchev–Trinajstić information content (AvgIpc) is 3.86. The minimum absolute atomic E-state index is 0.164. The van der Waals surface area contributed by atoms with E-state index in [0.717, 1.165) is 29.1 Å². The molecule has 0 atom stereocenters. The number of rotatable bonds is 6. The van der Waals surface area contributed by atoms with Crippen molar-refractivity contribution in [1.82, 2.24) is 40.2 Å². The standard InChI is InChI=1S/C24H27N5O.C23H26F2N4O/c1-23(2,3)28-22(30)18-13-19(17-9-7-16(15-25)8-10-17)27-20(14-18)21-11-12-26-29(21)24(4,5)6;1-22(2,3)28-21(30)15-12-18(14-7-8-16(24)17(25)11-14)27-19(13-15)20-9-10-26-29(20)23(4,5)6/h7-14H,1-6H3,(H,28,30);7-13H,1-6H3,(H,28,30). The Morgan fingerprint density at radius 2 is 0.950 bits per heavy atom. The van der Waals surface area contributed by atoms with Gasteiger partial charge in [-0.1, -0.05) is 12.1 Å². The largest absolute Gasteiger partial charge is 0.347 e. The number of hydrogen-bond donors (Lipinski definition) is 2. The van der Waals surface area contributed by atoms with Gasteiger partial charge in [-0.25, -0.2) is 18.7 Å². The predicted octanol–water partition coefficient (Wildman–Crippen LogP) is 9.94. The number of nitrogens with one attached hydrogen (secondary N) is 2. The highest BCUT2D eigenvalue weighted by Crippen LogP contribution is 2.30. The fourth-order valence-electron chi connectivity index (χ4n) is 6.14. The number of carbonyl (C=O) groups excluding carboxylic acids is 2. The number of halogens is 2. The number of amides is 2. The molecular weight excluding hydrogens is 761 g/mol. The average molecular weight is 814 g/mol. The third-order valence-electron chi connectivity index (χ3n) is 8.76. The normalized spacial score (nSPS) is 11.9. The molecule has 0 aliphatic carbocycles. The van der Waals surface area contributed by atoms with Gasteiger partial charge in [0.05, 0.1) is 56.9 Å². The van der Waals surface area contributed by atoms with Gasteiger partial charge in [0.15, 0.2) is 11.6 Å². The molecule has 312 valence electrons. The highest BCUT2D eigenvalue weighted by Gasteiger charge is 2.24. The SMILES string of the molecule is CC(C)(C)NC(=O)c1cc(-c2ccc(C#N)cc2)nc(-c2ccnn2C(C)(C)C)c1.CC(C)(C)NC(=O)c1cc(-c2ccc(F)c(F)c2)nc(-c2ccnn2C(C)(C)C)c1. The maximum absolute atomic E-state index is 13.8. The number of nitriles is 1. The van der Waals surface area contributed by atoms with E-state index < -0.39 is 17.2 Å². The van der Waals surface area contributed by atoms with Crippen molar-refractivity contribution in [2.75, 3.05) is 0 Å². The lowest BCUT2D eigenvalue weighted by molar-refractivity contribution is 0.0910. The fraction of sp³-hybridized carbons (Fsp3) is 0.340. The summed E-state index contributed by atoms with van der Waals surface area (Å²) in [6.45, 7) is 23.7. The first kappa shape index (κ1) is 44.6. The quantitative estimate of drug-likeness (QED) is 0.170. The van der Waals surface area contributed by atoms with Crippen LogP contribution >= 0.6 is 0 Å². The van der Waals surface area contributed by atoms with Crippen LogP contribution in [0.15, 0.2) is 91.3 Å². The second-order valence-electron chi connectivity index (χ2n) is 18.6. The van der Waals surface area contributed by atoms with Crippen molar-refractivity contribution in [1.29, 1.82) is 5.26 Å². The van der Waals surface area contributed by atoms with Crippen LogP contribution < -0.4 is 10.6 Å². The fourth-order valence-corrected chi connectivity index (χ4v) is 6.14. The van der Waals surface area contributed by atoms with Crippen LogP contribution in [0, 0.1) is 23.0 Å². The van der Waals surface area contributed by atoms with Crippen molar-refractivity contribution < 1.29 is 18.4 Å². The van der Waals surface area contributed by atoms with Crippen LogP contribution in [-0.2, 0) is 11.1 Å². The molecule has 60 heavy (non-hydrogen) atoms. The number of carbonyl (C=O) groups is 2. The molecule has 11 nitrogen and oxygen atoms in total. The first-order chi connectivity index (χ1) is 27.8. The molecule has 2 amide bonds. The highest BCUT2D eigenvalue weighted by molar-refractivity contribution is 5.97. The van der Waals surface area contributed by atoms with Gasteiger partial charge in [-0.3, -0.25) is 19.0 Å². The van der Waals surface area contributed by atoms with Gasteiger partial charge in [-0.15, -0.1) is 0 Å². The summed E-state index contributed by atoms with van der Waals surface area (Å²) in [7, 11) is 0. The van der Waals surface area contributed by atoms with Crippen molar-refractivity contribution >= 4 is 11.8 Å². The summed E-state index contributed by atoms with van der Waals surface area (Å²) in [4.78, 5) is 35.3. The summed E-state index contributed by atoms with van der Waals surface area (Å²) < 4.78 is 31.0. The van der Waals surface area contributed by atoms with Gasteiger partial charge in [-0.2, -0.15) is 15.5 Å². The summed E-state index contributed by atoms with van der Waals surface area (Å²) in [5.74, 6) is -2.36. The predicted molar refractivity (Wildman–Crippen MR) is 231 cm³/mol. The second-order valence-corrected chi connectivity index (χ2v) is 18.6. The number of pyridine rings is 2. The molecule has 6 rings (SSSR count). The number of aromatic nitrogens is 6. The van der Waals surface area contributed by atoms with E-state index in [1.54, 1.807) is 48.8 Å². The first-order valence-corrected chi connectivity index (χ1v) is 19.6. The van der Waals surface area contributed by atoms with E-state index in [1.807, 2.05) is 95.9 Å². The van der Waals surface area contributed by atoms with E-state index in [9.17, 15) is 18.4 Å². The summed E-state index contributed by atoms with van der Waals surface area (Å²) in [5, 5.41) is 23.9. The zero-order chi connectivity index (χ0) is 44.4. The zero-order valence-corrected chi connectivity index (χ0v) is 36.4. The Balaban J connectivity index is 0.000000228. The Labute approximate surface area is 350 Å². The smallest absolute Gasteiger partial charge is 0.251 e. The van der Waals surface area contributed by atoms with Crippen molar-refractivity contribution in [2.24, 2.45) is 0 Å². The maximum atomic E-state index is 13.8. The molecule has 13 heteroatoms. The van der Waals surface area contributed by atoms with Crippen LogP contribution in [0.2, 0.25) is 0 Å². The molecule has 4 heterocycles. The third kappa shape index (κ3) is 11.1. The molecule has 2 aromatic carbocycles. The van der Waals surface area contributed by atoms with Gasteiger partial charge in [0, 0.05) is 45.7 Å². The van der Waals surface area contributed by atoms with Crippen LogP contribution in [0.5, 0.6) is 0 Å². The number of benzene rings is 2. The molecular formula is C47H53F2N9O2.